The molecule has 1 atom stereocenters. The lowest BCUT2D eigenvalue weighted by Crippen LogP contribution is -2.49. The molecule has 0 spiro atoms. The van der Waals surface area contributed by atoms with Crippen LogP contribution in [0.15, 0.2) is 12.1 Å². The van der Waals surface area contributed by atoms with Crippen LogP contribution in [0.5, 0.6) is 11.5 Å². The Morgan fingerprint density at radius 1 is 1.31 bits per heavy atom. The van der Waals surface area contributed by atoms with Gasteiger partial charge < -0.3 is 14.6 Å². The van der Waals surface area contributed by atoms with Crippen molar-refractivity contribution in [3.05, 3.63) is 23.3 Å². The van der Waals surface area contributed by atoms with E-state index in [0.29, 0.717) is 11.5 Å². The number of carboxylic acids is 1. The minimum absolute atomic E-state index is 0.0274. The first-order valence-corrected chi connectivity index (χ1v) is 5.09. The SMILES string of the molecule is Cc1ccc(C)c2c1OCC(C)(C(=O)O)O2. The normalized spacial score (nSPS) is 22.9. The van der Waals surface area contributed by atoms with Crippen LogP contribution in [0.4, 0.5) is 0 Å². The average Bonchev–Trinajstić information content (AvgIpc) is 2.23. The number of fused-ring (bicyclic) bond motifs is 1. The van der Waals surface area contributed by atoms with E-state index in [1.54, 1.807) is 0 Å². The summed E-state index contributed by atoms with van der Waals surface area (Å²) in [5.41, 5.74) is 0.534. The van der Waals surface area contributed by atoms with Crippen LogP contribution in [0.25, 0.3) is 0 Å². The average molecular weight is 222 g/mol. The van der Waals surface area contributed by atoms with E-state index in [-0.39, 0.29) is 6.61 Å². The van der Waals surface area contributed by atoms with Crippen molar-refractivity contribution >= 4 is 5.97 Å². The fourth-order valence-corrected chi connectivity index (χ4v) is 1.64. The van der Waals surface area contributed by atoms with E-state index in [9.17, 15) is 4.79 Å². The summed E-state index contributed by atoms with van der Waals surface area (Å²) >= 11 is 0. The van der Waals surface area contributed by atoms with Crippen LogP contribution < -0.4 is 9.47 Å². The number of rotatable bonds is 1. The molecule has 0 aliphatic carbocycles. The summed E-state index contributed by atoms with van der Waals surface area (Å²) in [4.78, 5) is 11.1. The van der Waals surface area contributed by atoms with Crippen LogP contribution in [0, 0.1) is 13.8 Å². The maximum Gasteiger partial charge on any atom is 0.351 e. The Kier molecular flexibility index (Phi) is 2.30. The van der Waals surface area contributed by atoms with Crippen LogP contribution in [0.3, 0.4) is 0 Å². The van der Waals surface area contributed by atoms with E-state index in [1.807, 2.05) is 26.0 Å². The Bertz CT molecular complexity index is 453. The summed E-state index contributed by atoms with van der Waals surface area (Å²) in [6, 6.07) is 3.83. The molecular formula is C12H14O4. The first-order valence-electron chi connectivity index (χ1n) is 5.09. The molecule has 86 valence electrons. The van der Waals surface area contributed by atoms with Gasteiger partial charge in [0.1, 0.15) is 6.61 Å². The van der Waals surface area contributed by atoms with Crippen molar-refractivity contribution in [2.24, 2.45) is 0 Å². The van der Waals surface area contributed by atoms with E-state index in [1.165, 1.54) is 6.92 Å². The molecule has 0 saturated heterocycles. The molecule has 0 bridgehead atoms. The number of carboxylic acid groups (broad SMARTS) is 1. The van der Waals surface area contributed by atoms with Gasteiger partial charge in [-0.2, -0.15) is 0 Å². The van der Waals surface area contributed by atoms with Gasteiger partial charge in [-0.1, -0.05) is 12.1 Å². The minimum atomic E-state index is -1.30. The van der Waals surface area contributed by atoms with Gasteiger partial charge in [0.05, 0.1) is 0 Å². The van der Waals surface area contributed by atoms with Gasteiger partial charge in [0.15, 0.2) is 11.5 Å². The lowest BCUT2D eigenvalue weighted by molar-refractivity contribution is -0.158. The Hall–Kier alpha value is -1.71. The highest BCUT2D eigenvalue weighted by Gasteiger charge is 2.41. The fraction of sp³-hybridized carbons (Fsp3) is 0.417. The molecule has 0 fully saturated rings. The highest BCUT2D eigenvalue weighted by molar-refractivity contribution is 5.78. The highest BCUT2D eigenvalue weighted by atomic mass is 16.6. The van der Waals surface area contributed by atoms with Crippen LogP contribution in [0.1, 0.15) is 18.1 Å². The van der Waals surface area contributed by atoms with Gasteiger partial charge in [-0.3, -0.25) is 0 Å². The van der Waals surface area contributed by atoms with Gasteiger partial charge in [-0.15, -0.1) is 0 Å². The molecule has 1 unspecified atom stereocenters. The largest absolute Gasteiger partial charge is 0.485 e. The van der Waals surface area contributed by atoms with Gasteiger partial charge >= 0.3 is 5.97 Å². The number of aliphatic carboxylic acids is 1. The molecule has 1 aliphatic heterocycles. The predicted molar refractivity (Wildman–Crippen MR) is 58.1 cm³/mol. The van der Waals surface area contributed by atoms with Crippen LogP contribution in [-0.2, 0) is 4.79 Å². The molecule has 1 aliphatic rings. The number of benzene rings is 1. The van der Waals surface area contributed by atoms with Crippen molar-refractivity contribution in [3.63, 3.8) is 0 Å². The first-order chi connectivity index (χ1) is 7.44. The Balaban J connectivity index is 2.48. The Labute approximate surface area is 93.8 Å². The van der Waals surface area contributed by atoms with Crippen molar-refractivity contribution in [1.29, 1.82) is 0 Å². The first kappa shape index (κ1) is 10.8. The predicted octanol–water partition coefficient (Wildman–Crippen LogP) is 1.92. The van der Waals surface area contributed by atoms with Crippen molar-refractivity contribution in [2.75, 3.05) is 6.61 Å². The van der Waals surface area contributed by atoms with Crippen molar-refractivity contribution in [2.45, 2.75) is 26.4 Å². The number of aryl methyl sites for hydroxylation is 2. The van der Waals surface area contributed by atoms with E-state index < -0.39 is 11.6 Å². The second-order valence-electron chi connectivity index (χ2n) is 4.28. The molecule has 0 saturated carbocycles. The van der Waals surface area contributed by atoms with Gasteiger partial charge in [-0.05, 0) is 31.9 Å². The topological polar surface area (TPSA) is 55.8 Å². The lowest BCUT2D eigenvalue weighted by Gasteiger charge is -2.33. The molecule has 1 aromatic rings. The minimum Gasteiger partial charge on any atom is -0.485 e. The summed E-state index contributed by atoms with van der Waals surface area (Å²) in [6.45, 7) is 5.32. The number of ether oxygens (including phenoxy) is 2. The third-order valence-corrected chi connectivity index (χ3v) is 2.78. The third-order valence-electron chi connectivity index (χ3n) is 2.78. The van der Waals surface area contributed by atoms with E-state index in [2.05, 4.69) is 0 Å². The Morgan fingerprint density at radius 3 is 2.44 bits per heavy atom. The highest BCUT2D eigenvalue weighted by Crippen LogP contribution is 2.40. The molecule has 0 amide bonds. The maximum absolute atomic E-state index is 11.1. The zero-order valence-electron chi connectivity index (χ0n) is 9.53. The number of hydrogen-bond donors (Lipinski definition) is 1. The summed E-state index contributed by atoms with van der Waals surface area (Å²) in [7, 11) is 0. The molecule has 1 aromatic carbocycles. The van der Waals surface area contributed by atoms with E-state index in [0.717, 1.165) is 11.1 Å². The standard InChI is InChI=1S/C12H14O4/c1-7-4-5-8(2)10-9(7)15-6-12(3,16-10)11(13)14/h4-5H,6H2,1-3H3,(H,13,14). The summed E-state index contributed by atoms with van der Waals surface area (Å²) in [5.74, 6) is 0.175. The van der Waals surface area contributed by atoms with E-state index in [4.69, 9.17) is 14.6 Å². The lowest BCUT2D eigenvalue weighted by atomic mass is 10.0. The zero-order valence-corrected chi connectivity index (χ0v) is 9.53. The smallest absolute Gasteiger partial charge is 0.351 e. The molecule has 4 nitrogen and oxygen atoms in total. The molecule has 1 N–H and O–H groups in total. The van der Waals surface area contributed by atoms with Gasteiger partial charge in [0, 0.05) is 0 Å². The van der Waals surface area contributed by atoms with Crippen LogP contribution >= 0.6 is 0 Å². The van der Waals surface area contributed by atoms with Gasteiger partial charge in [0.2, 0.25) is 5.60 Å². The zero-order chi connectivity index (χ0) is 11.9. The summed E-state index contributed by atoms with van der Waals surface area (Å²) in [6.07, 6.45) is 0. The molecular weight excluding hydrogens is 208 g/mol. The van der Waals surface area contributed by atoms with E-state index >= 15 is 0 Å². The molecule has 4 heteroatoms. The molecule has 1 heterocycles. The molecule has 16 heavy (non-hydrogen) atoms. The third kappa shape index (κ3) is 1.50. The second-order valence-corrected chi connectivity index (χ2v) is 4.28. The monoisotopic (exact) mass is 222 g/mol. The molecule has 0 aromatic heterocycles. The number of carbonyl (C=O) groups is 1. The van der Waals surface area contributed by atoms with Crippen molar-refractivity contribution < 1.29 is 19.4 Å². The fourth-order valence-electron chi connectivity index (χ4n) is 1.64. The number of hydrogen-bond acceptors (Lipinski definition) is 3. The van der Waals surface area contributed by atoms with Gasteiger partial charge in [-0.25, -0.2) is 4.79 Å². The molecule has 2 rings (SSSR count). The van der Waals surface area contributed by atoms with Crippen molar-refractivity contribution in [3.8, 4) is 11.5 Å². The van der Waals surface area contributed by atoms with Crippen LogP contribution in [0.2, 0.25) is 0 Å². The maximum atomic E-state index is 11.1. The summed E-state index contributed by atoms with van der Waals surface area (Å²) in [5, 5.41) is 9.08. The second kappa shape index (κ2) is 3.40. The summed E-state index contributed by atoms with van der Waals surface area (Å²) < 4.78 is 11.1. The van der Waals surface area contributed by atoms with Crippen LogP contribution in [-0.4, -0.2) is 23.3 Å². The van der Waals surface area contributed by atoms with Gasteiger partial charge in [0.25, 0.3) is 0 Å². The molecule has 0 radical (unpaired) electrons. The Morgan fingerprint density at radius 2 is 1.88 bits per heavy atom. The quantitative estimate of drug-likeness (QED) is 0.788. The van der Waals surface area contributed by atoms with Crippen molar-refractivity contribution in [1.82, 2.24) is 0 Å².